The standard InChI is InChI=1S/C10H13FN2O/c11-10-1-8(2-12-3-10)4-13-5-9(6-13)7-14/h1-3,9,14H,4-7H2. The molecule has 1 aromatic heterocycles. The van der Waals surface area contributed by atoms with Gasteiger partial charge in [0.2, 0.25) is 0 Å². The molecular formula is C10H13FN2O. The fourth-order valence-electron chi connectivity index (χ4n) is 1.72. The summed E-state index contributed by atoms with van der Waals surface area (Å²) in [4.78, 5) is 5.95. The normalized spacial score (nSPS) is 18.1. The molecule has 1 saturated heterocycles. The molecule has 14 heavy (non-hydrogen) atoms. The van der Waals surface area contributed by atoms with Crippen LogP contribution in [0.5, 0.6) is 0 Å². The molecule has 2 heterocycles. The molecule has 3 nitrogen and oxygen atoms in total. The van der Waals surface area contributed by atoms with Gasteiger partial charge in [0.05, 0.1) is 6.20 Å². The minimum atomic E-state index is -0.290. The van der Waals surface area contributed by atoms with E-state index < -0.39 is 0 Å². The molecule has 0 atom stereocenters. The monoisotopic (exact) mass is 196 g/mol. The van der Waals surface area contributed by atoms with Crippen LogP contribution < -0.4 is 0 Å². The molecule has 0 amide bonds. The summed E-state index contributed by atoms with van der Waals surface area (Å²) < 4.78 is 12.8. The Morgan fingerprint density at radius 2 is 2.29 bits per heavy atom. The molecule has 1 aliphatic heterocycles. The summed E-state index contributed by atoms with van der Waals surface area (Å²) >= 11 is 0. The first kappa shape index (κ1) is 9.55. The number of aliphatic hydroxyl groups excluding tert-OH is 1. The molecule has 0 spiro atoms. The van der Waals surface area contributed by atoms with Gasteiger partial charge in [0.1, 0.15) is 5.82 Å². The highest BCUT2D eigenvalue weighted by atomic mass is 19.1. The van der Waals surface area contributed by atoms with Crippen LogP contribution in [0.4, 0.5) is 4.39 Å². The lowest BCUT2D eigenvalue weighted by Gasteiger charge is -2.38. The first-order valence-corrected chi connectivity index (χ1v) is 4.70. The van der Waals surface area contributed by atoms with Gasteiger partial charge in [0, 0.05) is 38.4 Å². The zero-order chi connectivity index (χ0) is 9.97. The molecule has 1 fully saturated rings. The summed E-state index contributed by atoms with van der Waals surface area (Å²) in [5.74, 6) is 0.109. The van der Waals surface area contributed by atoms with E-state index in [9.17, 15) is 4.39 Å². The Labute approximate surface area is 82.2 Å². The first-order valence-electron chi connectivity index (χ1n) is 4.70. The molecule has 0 unspecified atom stereocenters. The fraction of sp³-hybridized carbons (Fsp3) is 0.500. The number of aliphatic hydroxyl groups is 1. The molecule has 0 aromatic carbocycles. The third-order valence-electron chi connectivity index (χ3n) is 2.46. The third-order valence-corrected chi connectivity index (χ3v) is 2.46. The maximum Gasteiger partial charge on any atom is 0.141 e. The minimum Gasteiger partial charge on any atom is -0.396 e. The third kappa shape index (κ3) is 2.08. The number of rotatable bonds is 3. The van der Waals surface area contributed by atoms with Crippen LogP contribution in [0.15, 0.2) is 18.5 Å². The van der Waals surface area contributed by atoms with Crippen LogP contribution in [0.1, 0.15) is 5.56 Å². The van der Waals surface area contributed by atoms with E-state index in [0.29, 0.717) is 5.92 Å². The van der Waals surface area contributed by atoms with Gasteiger partial charge < -0.3 is 5.11 Å². The topological polar surface area (TPSA) is 36.4 Å². The van der Waals surface area contributed by atoms with Crippen molar-refractivity contribution < 1.29 is 9.50 Å². The predicted octanol–water partition coefficient (Wildman–Crippen LogP) is 0.645. The Hall–Kier alpha value is -1.00. The van der Waals surface area contributed by atoms with Gasteiger partial charge in [-0.05, 0) is 11.6 Å². The number of aromatic nitrogens is 1. The Morgan fingerprint density at radius 1 is 1.50 bits per heavy atom. The Balaban J connectivity index is 1.87. The highest BCUT2D eigenvalue weighted by Gasteiger charge is 2.25. The van der Waals surface area contributed by atoms with Crippen LogP contribution in [0.3, 0.4) is 0 Å². The first-order chi connectivity index (χ1) is 6.78. The maximum atomic E-state index is 12.8. The Morgan fingerprint density at radius 3 is 2.93 bits per heavy atom. The van der Waals surface area contributed by atoms with Crippen LogP contribution in [0, 0.1) is 11.7 Å². The van der Waals surface area contributed by atoms with Crippen molar-refractivity contribution in [2.24, 2.45) is 5.92 Å². The molecule has 1 N–H and O–H groups in total. The van der Waals surface area contributed by atoms with Gasteiger partial charge in [-0.15, -0.1) is 0 Å². The Kier molecular flexibility index (Phi) is 2.74. The zero-order valence-electron chi connectivity index (χ0n) is 7.86. The number of nitrogens with zero attached hydrogens (tertiary/aromatic N) is 2. The van der Waals surface area contributed by atoms with Crippen molar-refractivity contribution in [3.8, 4) is 0 Å². The molecular weight excluding hydrogens is 183 g/mol. The van der Waals surface area contributed by atoms with E-state index in [1.54, 1.807) is 6.20 Å². The van der Waals surface area contributed by atoms with Gasteiger partial charge in [0.15, 0.2) is 0 Å². The number of hydrogen-bond donors (Lipinski definition) is 1. The number of pyridine rings is 1. The lowest BCUT2D eigenvalue weighted by molar-refractivity contribution is 0.0478. The number of hydrogen-bond acceptors (Lipinski definition) is 3. The van der Waals surface area contributed by atoms with E-state index in [0.717, 1.165) is 25.2 Å². The van der Waals surface area contributed by atoms with Crippen molar-refractivity contribution in [2.75, 3.05) is 19.7 Å². The summed E-state index contributed by atoms with van der Waals surface area (Å²) in [7, 11) is 0. The van der Waals surface area contributed by atoms with Crippen molar-refractivity contribution >= 4 is 0 Å². The second kappa shape index (κ2) is 4.02. The van der Waals surface area contributed by atoms with Crippen LogP contribution in [-0.4, -0.2) is 34.7 Å². The van der Waals surface area contributed by atoms with Crippen LogP contribution in [-0.2, 0) is 6.54 Å². The highest BCUT2D eigenvalue weighted by molar-refractivity contribution is 5.10. The fourth-order valence-corrected chi connectivity index (χ4v) is 1.72. The molecule has 0 aliphatic carbocycles. The zero-order valence-corrected chi connectivity index (χ0v) is 7.86. The molecule has 4 heteroatoms. The van der Waals surface area contributed by atoms with Crippen molar-refractivity contribution in [3.05, 3.63) is 29.8 Å². The van der Waals surface area contributed by atoms with Crippen LogP contribution in [0.2, 0.25) is 0 Å². The quantitative estimate of drug-likeness (QED) is 0.771. The Bertz CT molecular complexity index is 313. The van der Waals surface area contributed by atoms with E-state index in [4.69, 9.17) is 5.11 Å². The average Bonchev–Trinajstić information content (AvgIpc) is 2.10. The van der Waals surface area contributed by atoms with E-state index in [1.807, 2.05) is 0 Å². The van der Waals surface area contributed by atoms with Gasteiger partial charge in [0.25, 0.3) is 0 Å². The lowest BCUT2D eigenvalue weighted by Crippen LogP contribution is -2.47. The van der Waals surface area contributed by atoms with Crippen molar-refractivity contribution in [2.45, 2.75) is 6.54 Å². The van der Waals surface area contributed by atoms with E-state index in [-0.39, 0.29) is 12.4 Å². The average molecular weight is 196 g/mol. The van der Waals surface area contributed by atoms with Crippen molar-refractivity contribution in [3.63, 3.8) is 0 Å². The SMILES string of the molecule is OCC1CN(Cc2cncc(F)c2)C1. The van der Waals surface area contributed by atoms with Gasteiger partial charge in [-0.1, -0.05) is 0 Å². The van der Waals surface area contributed by atoms with Crippen molar-refractivity contribution in [1.29, 1.82) is 0 Å². The van der Waals surface area contributed by atoms with E-state index >= 15 is 0 Å². The summed E-state index contributed by atoms with van der Waals surface area (Å²) in [5.41, 5.74) is 0.890. The van der Waals surface area contributed by atoms with Gasteiger partial charge >= 0.3 is 0 Å². The summed E-state index contributed by atoms with van der Waals surface area (Å²) in [6.45, 7) is 2.76. The summed E-state index contributed by atoms with van der Waals surface area (Å²) in [5, 5.41) is 8.81. The molecule has 0 saturated carbocycles. The second-order valence-corrected chi connectivity index (χ2v) is 3.75. The maximum absolute atomic E-state index is 12.8. The van der Waals surface area contributed by atoms with E-state index in [1.165, 1.54) is 12.3 Å². The smallest absolute Gasteiger partial charge is 0.141 e. The van der Waals surface area contributed by atoms with Gasteiger partial charge in [-0.2, -0.15) is 0 Å². The molecule has 0 radical (unpaired) electrons. The number of likely N-dealkylation sites (tertiary alicyclic amines) is 1. The molecule has 0 bridgehead atoms. The van der Waals surface area contributed by atoms with Crippen LogP contribution >= 0.6 is 0 Å². The van der Waals surface area contributed by atoms with Crippen LogP contribution in [0.25, 0.3) is 0 Å². The largest absolute Gasteiger partial charge is 0.396 e. The van der Waals surface area contributed by atoms with Gasteiger partial charge in [-0.3, -0.25) is 9.88 Å². The summed E-state index contributed by atoms with van der Waals surface area (Å²) in [6.07, 6.45) is 2.88. The van der Waals surface area contributed by atoms with Crippen molar-refractivity contribution in [1.82, 2.24) is 9.88 Å². The lowest BCUT2D eigenvalue weighted by atomic mass is 10.0. The predicted molar refractivity (Wildman–Crippen MR) is 50.0 cm³/mol. The van der Waals surface area contributed by atoms with E-state index in [2.05, 4.69) is 9.88 Å². The number of halogens is 1. The van der Waals surface area contributed by atoms with Gasteiger partial charge in [-0.25, -0.2) is 4.39 Å². The second-order valence-electron chi connectivity index (χ2n) is 3.75. The summed E-state index contributed by atoms with van der Waals surface area (Å²) in [6, 6.07) is 1.50. The molecule has 2 rings (SSSR count). The molecule has 1 aliphatic rings. The highest BCUT2D eigenvalue weighted by Crippen LogP contribution is 2.17. The molecule has 76 valence electrons. The minimum absolute atomic E-state index is 0.248. The molecule has 1 aromatic rings.